The second-order valence-electron chi connectivity index (χ2n) is 2.17. The third-order valence-electron chi connectivity index (χ3n) is 1.24. The van der Waals surface area contributed by atoms with Crippen LogP contribution in [0.4, 0.5) is 0 Å². The van der Waals surface area contributed by atoms with Gasteiger partial charge < -0.3 is 4.18 Å². The minimum atomic E-state index is -4.57. The quantitative estimate of drug-likeness (QED) is 0.575. The van der Waals surface area contributed by atoms with Crippen molar-refractivity contribution in [1.82, 2.24) is 0 Å². The molecule has 0 heterocycles. The molecule has 70 valence electrons. The maximum atomic E-state index is 10.4. The van der Waals surface area contributed by atoms with Crippen LogP contribution < -0.4 is 4.18 Å². The molecule has 0 fully saturated rings. The molecule has 0 saturated heterocycles. The van der Waals surface area contributed by atoms with Crippen LogP contribution >= 0.6 is 0 Å². The number of hydrogen-bond acceptors (Lipinski definition) is 4. The van der Waals surface area contributed by atoms with E-state index in [1.54, 1.807) is 6.07 Å². The Hall–Kier alpha value is -1.40. The summed E-state index contributed by atoms with van der Waals surface area (Å²) in [4.78, 5) is 10.4. The van der Waals surface area contributed by atoms with Gasteiger partial charge in [0.05, 0.1) is 5.56 Å². The van der Waals surface area contributed by atoms with Crippen LogP contribution in [0.15, 0.2) is 24.3 Å². The van der Waals surface area contributed by atoms with Crippen LogP contribution in [0.5, 0.6) is 5.75 Å². The molecule has 6 heteroatoms. The molecule has 13 heavy (non-hydrogen) atoms. The second-order valence-corrected chi connectivity index (χ2v) is 3.19. The summed E-state index contributed by atoms with van der Waals surface area (Å²) >= 11 is 0. The molecule has 0 aliphatic carbocycles. The zero-order valence-electron chi connectivity index (χ0n) is 6.38. The molecule has 0 radical (unpaired) electrons. The monoisotopic (exact) mass is 202 g/mol. The lowest BCUT2D eigenvalue weighted by molar-refractivity contribution is 0.112. The van der Waals surface area contributed by atoms with Crippen LogP contribution in [0.2, 0.25) is 0 Å². The van der Waals surface area contributed by atoms with Crippen molar-refractivity contribution >= 4 is 16.7 Å². The van der Waals surface area contributed by atoms with E-state index in [1.807, 2.05) is 0 Å². The zero-order chi connectivity index (χ0) is 9.90. The molecule has 1 aromatic rings. The smallest absolute Gasteiger partial charge is 0.361 e. The predicted molar refractivity (Wildman–Crippen MR) is 44.0 cm³/mol. The van der Waals surface area contributed by atoms with Crippen molar-refractivity contribution in [2.75, 3.05) is 0 Å². The van der Waals surface area contributed by atoms with Crippen molar-refractivity contribution in [3.8, 4) is 5.75 Å². The maximum Gasteiger partial charge on any atom is 0.446 e. The molecule has 0 spiro atoms. The van der Waals surface area contributed by atoms with Gasteiger partial charge in [-0.1, -0.05) is 12.1 Å². The molecule has 1 rings (SSSR count). The van der Waals surface area contributed by atoms with E-state index in [2.05, 4.69) is 4.18 Å². The highest BCUT2D eigenvalue weighted by molar-refractivity contribution is 7.81. The molecular formula is C7H6O5S. The second kappa shape index (κ2) is 3.55. The van der Waals surface area contributed by atoms with Gasteiger partial charge in [-0.05, 0) is 12.1 Å². The fourth-order valence-corrected chi connectivity index (χ4v) is 1.15. The summed E-state index contributed by atoms with van der Waals surface area (Å²) in [5, 5.41) is 0. The van der Waals surface area contributed by atoms with Crippen molar-refractivity contribution in [2.24, 2.45) is 0 Å². The molecular weight excluding hydrogens is 196 g/mol. The van der Waals surface area contributed by atoms with Gasteiger partial charge in [-0.2, -0.15) is 8.42 Å². The molecule has 0 aliphatic rings. The minimum Gasteiger partial charge on any atom is -0.361 e. The summed E-state index contributed by atoms with van der Waals surface area (Å²) in [6, 6.07) is 5.65. The van der Waals surface area contributed by atoms with Gasteiger partial charge >= 0.3 is 10.4 Å². The summed E-state index contributed by atoms with van der Waals surface area (Å²) in [6.45, 7) is 0. The van der Waals surface area contributed by atoms with E-state index in [1.165, 1.54) is 18.2 Å². The van der Waals surface area contributed by atoms with E-state index >= 15 is 0 Å². The lowest BCUT2D eigenvalue weighted by Gasteiger charge is -2.02. The Balaban J connectivity index is 3.08. The van der Waals surface area contributed by atoms with E-state index in [9.17, 15) is 13.2 Å². The van der Waals surface area contributed by atoms with Gasteiger partial charge in [0.25, 0.3) is 0 Å². The van der Waals surface area contributed by atoms with Gasteiger partial charge in [0.1, 0.15) is 0 Å². The fourth-order valence-electron chi connectivity index (χ4n) is 0.767. The first-order valence-corrected chi connectivity index (χ1v) is 4.60. The van der Waals surface area contributed by atoms with Crippen LogP contribution in [-0.4, -0.2) is 19.3 Å². The van der Waals surface area contributed by atoms with Gasteiger partial charge in [0.15, 0.2) is 12.0 Å². The summed E-state index contributed by atoms with van der Waals surface area (Å²) < 4.78 is 33.0. The van der Waals surface area contributed by atoms with Crippen molar-refractivity contribution < 1.29 is 21.9 Å². The molecule has 5 nitrogen and oxygen atoms in total. The summed E-state index contributed by atoms with van der Waals surface area (Å²) in [5.74, 6) is -0.194. The average Bonchev–Trinajstić information content (AvgIpc) is 2.02. The first-order chi connectivity index (χ1) is 6.03. The number of benzene rings is 1. The average molecular weight is 202 g/mol. The number of hydrogen-bond donors (Lipinski definition) is 1. The Morgan fingerprint density at radius 2 is 1.92 bits per heavy atom. The van der Waals surface area contributed by atoms with Gasteiger partial charge in [-0.25, -0.2) is 0 Å². The SMILES string of the molecule is O=Cc1ccccc1OS(=O)(=O)O. The molecule has 1 aromatic carbocycles. The zero-order valence-corrected chi connectivity index (χ0v) is 7.19. The van der Waals surface area contributed by atoms with Gasteiger partial charge in [-0.15, -0.1) is 0 Å². The Morgan fingerprint density at radius 3 is 2.46 bits per heavy atom. The van der Waals surface area contributed by atoms with Gasteiger partial charge in [0, 0.05) is 0 Å². The van der Waals surface area contributed by atoms with Crippen LogP contribution in [0.3, 0.4) is 0 Å². The topological polar surface area (TPSA) is 80.7 Å². The van der Waals surface area contributed by atoms with Crippen molar-refractivity contribution in [3.63, 3.8) is 0 Å². The lowest BCUT2D eigenvalue weighted by Crippen LogP contribution is -2.07. The van der Waals surface area contributed by atoms with Crippen LogP contribution in [0.25, 0.3) is 0 Å². The number of carbonyl (C=O) groups excluding carboxylic acids is 1. The molecule has 0 bridgehead atoms. The maximum absolute atomic E-state index is 10.4. The normalized spacial score (nSPS) is 10.8. The Labute approximate surface area is 74.9 Å². The van der Waals surface area contributed by atoms with Crippen molar-refractivity contribution in [2.45, 2.75) is 0 Å². The first-order valence-electron chi connectivity index (χ1n) is 3.24. The van der Waals surface area contributed by atoms with Crippen LogP contribution in [0, 0.1) is 0 Å². The highest BCUT2D eigenvalue weighted by Crippen LogP contribution is 2.16. The van der Waals surface area contributed by atoms with Crippen LogP contribution in [-0.2, 0) is 10.4 Å². The van der Waals surface area contributed by atoms with E-state index < -0.39 is 10.4 Å². The molecule has 1 N–H and O–H groups in total. The Morgan fingerprint density at radius 1 is 1.31 bits per heavy atom. The van der Waals surface area contributed by atoms with E-state index in [-0.39, 0.29) is 11.3 Å². The van der Waals surface area contributed by atoms with E-state index in [4.69, 9.17) is 4.55 Å². The van der Waals surface area contributed by atoms with E-state index in [0.29, 0.717) is 6.29 Å². The Bertz CT molecular complexity index is 409. The Kier molecular flexibility index (Phi) is 2.64. The molecule has 0 amide bonds. The predicted octanol–water partition coefficient (Wildman–Crippen LogP) is 0.681. The molecule has 0 saturated carbocycles. The third-order valence-corrected chi connectivity index (χ3v) is 1.63. The third kappa shape index (κ3) is 2.85. The largest absolute Gasteiger partial charge is 0.446 e. The summed E-state index contributed by atoms with van der Waals surface area (Å²) in [6.07, 6.45) is 0.431. The van der Waals surface area contributed by atoms with E-state index in [0.717, 1.165) is 0 Å². The molecule has 0 aliphatic heterocycles. The number of para-hydroxylation sites is 1. The standard InChI is InChI=1S/C7H6O5S/c8-5-6-3-1-2-4-7(6)12-13(9,10)11/h1-5H,(H,9,10,11). The summed E-state index contributed by atoms with van der Waals surface area (Å²) in [5.41, 5.74) is 0.0557. The van der Waals surface area contributed by atoms with Gasteiger partial charge in [0.2, 0.25) is 0 Å². The van der Waals surface area contributed by atoms with Gasteiger partial charge in [-0.3, -0.25) is 9.35 Å². The lowest BCUT2D eigenvalue weighted by atomic mass is 10.2. The number of carbonyl (C=O) groups is 1. The summed E-state index contributed by atoms with van der Waals surface area (Å²) in [7, 11) is -4.57. The minimum absolute atomic E-state index is 0.0557. The fraction of sp³-hybridized carbons (Fsp3) is 0. The highest BCUT2D eigenvalue weighted by Gasteiger charge is 2.09. The molecule has 0 atom stereocenters. The van der Waals surface area contributed by atoms with Crippen molar-refractivity contribution in [3.05, 3.63) is 29.8 Å². The van der Waals surface area contributed by atoms with Crippen molar-refractivity contribution in [1.29, 1.82) is 0 Å². The molecule has 0 aromatic heterocycles. The molecule has 0 unspecified atom stereocenters. The number of rotatable bonds is 3. The highest BCUT2D eigenvalue weighted by atomic mass is 32.3. The number of aldehydes is 1. The first kappa shape index (κ1) is 9.69. The van der Waals surface area contributed by atoms with Crippen LogP contribution in [0.1, 0.15) is 10.4 Å².